The molecule has 0 amide bonds. The molecule has 0 unspecified atom stereocenters. The lowest BCUT2D eigenvalue weighted by molar-refractivity contribution is -0.148. The van der Waals surface area contributed by atoms with E-state index < -0.39 is 0 Å². The molecule has 3 rings (SSSR count). The van der Waals surface area contributed by atoms with Gasteiger partial charge in [0.05, 0.1) is 12.5 Å². The Bertz CT molecular complexity index is 672. The molecule has 126 valence electrons. The Morgan fingerprint density at radius 3 is 2.50 bits per heavy atom. The van der Waals surface area contributed by atoms with Crippen LogP contribution in [0.3, 0.4) is 0 Å². The topological polar surface area (TPSA) is 29.5 Å². The van der Waals surface area contributed by atoms with Crippen LogP contribution < -0.4 is 0 Å². The van der Waals surface area contributed by atoms with E-state index in [9.17, 15) is 4.79 Å². The molecule has 24 heavy (non-hydrogen) atoms. The Labute approximate surface area is 151 Å². The number of rotatable bonds is 5. The highest BCUT2D eigenvalue weighted by molar-refractivity contribution is 9.10. The van der Waals surface area contributed by atoms with Gasteiger partial charge in [-0.3, -0.25) is 9.69 Å². The number of likely N-dealkylation sites (tertiary alicyclic amines) is 1. The van der Waals surface area contributed by atoms with E-state index in [2.05, 4.69) is 57.2 Å². The summed E-state index contributed by atoms with van der Waals surface area (Å²) in [6, 6.07) is 18.7. The van der Waals surface area contributed by atoms with E-state index in [4.69, 9.17) is 4.74 Å². The van der Waals surface area contributed by atoms with Gasteiger partial charge in [0.25, 0.3) is 0 Å². The minimum atomic E-state index is -0.102. The second-order valence-electron chi connectivity index (χ2n) is 6.20. The molecule has 4 heteroatoms. The summed E-state index contributed by atoms with van der Waals surface area (Å²) >= 11 is 3.48. The van der Waals surface area contributed by atoms with Gasteiger partial charge in [-0.2, -0.15) is 0 Å². The molecule has 1 heterocycles. The highest BCUT2D eigenvalue weighted by Gasteiger charge is 2.39. The number of carbonyl (C=O) groups is 1. The summed E-state index contributed by atoms with van der Waals surface area (Å²) in [7, 11) is 0. The zero-order chi connectivity index (χ0) is 16.9. The molecule has 2 aromatic carbocycles. The molecular weight excluding hydrogens is 366 g/mol. The van der Waals surface area contributed by atoms with Crippen molar-refractivity contribution in [3.63, 3.8) is 0 Å². The van der Waals surface area contributed by atoms with Crippen LogP contribution in [0.4, 0.5) is 0 Å². The van der Waals surface area contributed by atoms with Crippen LogP contribution in [0.25, 0.3) is 0 Å². The molecule has 2 atom stereocenters. The standard InChI is InChI=1S/C20H22BrNO2/c1-2-24-20(23)19-14-22(12-15-6-4-3-5-7-15)13-18(19)16-8-10-17(21)11-9-16/h3-11,18-19H,2,12-14H2,1H3/t18-,19+/m0/s1. The van der Waals surface area contributed by atoms with Gasteiger partial charge in [-0.05, 0) is 30.2 Å². The molecule has 0 aromatic heterocycles. The zero-order valence-electron chi connectivity index (χ0n) is 13.8. The van der Waals surface area contributed by atoms with Gasteiger partial charge in [0.15, 0.2) is 0 Å². The first-order valence-corrected chi connectivity index (χ1v) is 9.15. The number of nitrogens with zero attached hydrogens (tertiary/aromatic N) is 1. The molecule has 0 radical (unpaired) electrons. The van der Waals surface area contributed by atoms with Gasteiger partial charge in [0.1, 0.15) is 0 Å². The largest absolute Gasteiger partial charge is 0.466 e. The van der Waals surface area contributed by atoms with Crippen molar-refractivity contribution in [1.29, 1.82) is 0 Å². The maximum absolute atomic E-state index is 12.4. The Morgan fingerprint density at radius 1 is 1.12 bits per heavy atom. The number of halogens is 1. The third kappa shape index (κ3) is 4.05. The molecule has 0 spiro atoms. The Balaban J connectivity index is 1.78. The molecule has 1 saturated heterocycles. The predicted molar refractivity (Wildman–Crippen MR) is 98.7 cm³/mol. The number of carbonyl (C=O) groups excluding carboxylic acids is 1. The third-order valence-corrected chi connectivity index (χ3v) is 5.06. The van der Waals surface area contributed by atoms with Crippen LogP contribution in [-0.2, 0) is 16.1 Å². The van der Waals surface area contributed by atoms with E-state index in [1.165, 1.54) is 11.1 Å². The Kier molecular flexibility index (Phi) is 5.69. The van der Waals surface area contributed by atoms with Crippen LogP contribution in [-0.4, -0.2) is 30.6 Å². The summed E-state index contributed by atoms with van der Waals surface area (Å²) in [5, 5.41) is 0. The number of ether oxygens (including phenoxy) is 1. The molecule has 2 aromatic rings. The van der Waals surface area contributed by atoms with Crippen LogP contribution in [0.1, 0.15) is 24.0 Å². The Morgan fingerprint density at radius 2 is 1.83 bits per heavy atom. The summed E-state index contributed by atoms with van der Waals surface area (Å²) in [6.45, 7) is 4.78. The fraction of sp³-hybridized carbons (Fsp3) is 0.350. The fourth-order valence-corrected chi connectivity index (χ4v) is 3.66. The van der Waals surface area contributed by atoms with Gasteiger partial charge >= 0.3 is 5.97 Å². The van der Waals surface area contributed by atoms with Crippen LogP contribution >= 0.6 is 15.9 Å². The molecule has 0 aliphatic carbocycles. The third-order valence-electron chi connectivity index (χ3n) is 4.53. The van der Waals surface area contributed by atoms with Crippen LogP contribution in [0.2, 0.25) is 0 Å². The first kappa shape index (κ1) is 17.2. The average Bonchev–Trinajstić information content (AvgIpc) is 3.00. The summed E-state index contributed by atoms with van der Waals surface area (Å²) in [5.74, 6) is -0.00307. The first-order valence-electron chi connectivity index (χ1n) is 8.35. The molecule has 0 saturated carbocycles. The van der Waals surface area contributed by atoms with Gasteiger partial charge in [-0.15, -0.1) is 0 Å². The summed E-state index contributed by atoms with van der Waals surface area (Å²) in [5.41, 5.74) is 2.48. The highest BCUT2D eigenvalue weighted by Crippen LogP contribution is 2.34. The predicted octanol–water partition coefficient (Wildman–Crippen LogP) is 4.23. The maximum atomic E-state index is 12.4. The first-order chi connectivity index (χ1) is 11.7. The minimum Gasteiger partial charge on any atom is -0.466 e. The second-order valence-corrected chi connectivity index (χ2v) is 7.11. The lowest BCUT2D eigenvalue weighted by Gasteiger charge is -2.17. The summed E-state index contributed by atoms with van der Waals surface area (Å²) in [4.78, 5) is 14.8. The van der Waals surface area contributed by atoms with Crippen LogP contribution in [0.15, 0.2) is 59.1 Å². The van der Waals surface area contributed by atoms with Crippen molar-refractivity contribution in [2.24, 2.45) is 5.92 Å². The smallest absolute Gasteiger partial charge is 0.310 e. The van der Waals surface area contributed by atoms with Crippen molar-refractivity contribution in [2.45, 2.75) is 19.4 Å². The molecule has 0 bridgehead atoms. The quantitative estimate of drug-likeness (QED) is 0.718. The van der Waals surface area contributed by atoms with Gasteiger partial charge in [-0.1, -0.05) is 58.4 Å². The highest BCUT2D eigenvalue weighted by atomic mass is 79.9. The van der Waals surface area contributed by atoms with Gasteiger partial charge < -0.3 is 4.74 Å². The van der Waals surface area contributed by atoms with Gasteiger partial charge in [0, 0.05) is 30.0 Å². The molecule has 1 fully saturated rings. The van der Waals surface area contributed by atoms with Gasteiger partial charge in [-0.25, -0.2) is 0 Å². The van der Waals surface area contributed by atoms with Crippen molar-refractivity contribution in [2.75, 3.05) is 19.7 Å². The monoisotopic (exact) mass is 387 g/mol. The second kappa shape index (κ2) is 7.95. The van der Waals surface area contributed by atoms with Gasteiger partial charge in [0.2, 0.25) is 0 Å². The normalized spacial score (nSPS) is 20.9. The molecule has 1 aliphatic heterocycles. The zero-order valence-corrected chi connectivity index (χ0v) is 15.4. The van der Waals surface area contributed by atoms with E-state index in [1.807, 2.05) is 25.1 Å². The van der Waals surface area contributed by atoms with Crippen molar-refractivity contribution in [1.82, 2.24) is 4.90 Å². The van der Waals surface area contributed by atoms with Crippen molar-refractivity contribution in [3.8, 4) is 0 Å². The van der Waals surface area contributed by atoms with Crippen molar-refractivity contribution in [3.05, 3.63) is 70.2 Å². The maximum Gasteiger partial charge on any atom is 0.310 e. The lowest BCUT2D eigenvalue weighted by atomic mass is 9.89. The number of hydrogen-bond donors (Lipinski definition) is 0. The lowest BCUT2D eigenvalue weighted by Crippen LogP contribution is -2.25. The van der Waals surface area contributed by atoms with E-state index in [0.29, 0.717) is 6.61 Å². The van der Waals surface area contributed by atoms with E-state index in [-0.39, 0.29) is 17.8 Å². The average molecular weight is 388 g/mol. The van der Waals surface area contributed by atoms with E-state index in [1.54, 1.807) is 0 Å². The summed E-state index contributed by atoms with van der Waals surface area (Å²) in [6.07, 6.45) is 0. The molecule has 1 aliphatic rings. The van der Waals surface area contributed by atoms with Crippen molar-refractivity contribution < 1.29 is 9.53 Å². The molecular formula is C20H22BrNO2. The minimum absolute atomic E-state index is 0.0824. The van der Waals surface area contributed by atoms with Crippen LogP contribution in [0, 0.1) is 5.92 Å². The SMILES string of the molecule is CCOC(=O)[C@@H]1CN(Cc2ccccc2)C[C@H]1c1ccc(Br)cc1. The number of hydrogen-bond acceptors (Lipinski definition) is 3. The molecule has 0 N–H and O–H groups in total. The summed E-state index contributed by atoms with van der Waals surface area (Å²) < 4.78 is 6.38. The van der Waals surface area contributed by atoms with Crippen molar-refractivity contribution >= 4 is 21.9 Å². The number of esters is 1. The fourth-order valence-electron chi connectivity index (χ4n) is 3.39. The van der Waals surface area contributed by atoms with E-state index >= 15 is 0 Å². The molecule has 3 nitrogen and oxygen atoms in total. The number of benzene rings is 2. The van der Waals surface area contributed by atoms with Crippen LogP contribution in [0.5, 0.6) is 0 Å². The van der Waals surface area contributed by atoms with E-state index in [0.717, 1.165) is 24.1 Å². The Hall–Kier alpha value is -1.65.